The van der Waals surface area contributed by atoms with Crippen molar-refractivity contribution in [2.24, 2.45) is 0 Å². The van der Waals surface area contributed by atoms with Gasteiger partial charge < -0.3 is 20.4 Å². The van der Waals surface area contributed by atoms with E-state index in [9.17, 15) is 14.4 Å². The number of furan rings is 1. The zero-order valence-corrected chi connectivity index (χ0v) is 15.8. The molecule has 0 aliphatic rings. The van der Waals surface area contributed by atoms with Crippen LogP contribution in [0.25, 0.3) is 0 Å². The van der Waals surface area contributed by atoms with Crippen molar-refractivity contribution in [1.82, 2.24) is 10.6 Å². The average molecular weight is 391 g/mol. The van der Waals surface area contributed by atoms with Crippen LogP contribution in [0.4, 0.5) is 5.69 Å². The largest absolute Gasteiger partial charge is 0.467 e. The van der Waals surface area contributed by atoms with Crippen molar-refractivity contribution in [1.29, 1.82) is 0 Å². The normalized spacial score (nSPS) is 11.3. The fourth-order valence-electron chi connectivity index (χ4n) is 2.65. The lowest BCUT2D eigenvalue weighted by Crippen LogP contribution is -2.44. The number of amides is 3. The number of para-hydroxylation sites is 1. The summed E-state index contributed by atoms with van der Waals surface area (Å²) >= 11 is 0. The molecule has 0 aliphatic carbocycles. The van der Waals surface area contributed by atoms with E-state index in [0.29, 0.717) is 17.0 Å². The van der Waals surface area contributed by atoms with Gasteiger partial charge in [0.05, 0.1) is 24.1 Å². The van der Waals surface area contributed by atoms with Crippen molar-refractivity contribution < 1.29 is 18.8 Å². The molecule has 1 atom stereocenters. The quantitative estimate of drug-likeness (QED) is 0.576. The first-order valence-electron chi connectivity index (χ1n) is 9.11. The summed E-state index contributed by atoms with van der Waals surface area (Å²) in [6.45, 7) is 1.82. The highest BCUT2D eigenvalue weighted by molar-refractivity contribution is 6.09. The van der Waals surface area contributed by atoms with Crippen LogP contribution >= 0.6 is 0 Å². The molecular formula is C22H21N3O4. The van der Waals surface area contributed by atoms with Crippen LogP contribution in [-0.4, -0.2) is 23.8 Å². The second kappa shape index (κ2) is 9.36. The highest BCUT2D eigenvalue weighted by atomic mass is 16.3. The van der Waals surface area contributed by atoms with Crippen LogP contribution in [-0.2, 0) is 11.3 Å². The molecule has 0 bridgehead atoms. The molecule has 2 aromatic carbocycles. The van der Waals surface area contributed by atoms with Crippen LogP contribution in [0, 0.1) is 0 Å². The molecule has 1 aromatic heterocycles. The van der Waals surface area contributed by atoms with E-state index in [0.717, 1.165) is 0 Å². The van der Waals surface area contributed by atoms with Crippen molar-refractivity contribution in [3.8, 4) is 0 Å². The maximum absolute atomic E-state index is 12.7. The van der Waals surface area contributed by atoms with E-state index in [1.165, 1.54) is 6.26 Å². The van der Waals surface area contributed by atoms with Crippen LogP contribution in [0.5, 0.6) is 0 Å². The summed E-state index contributed by atoms with van der Waals surface area (Å²) in [5.74, 6) is -0.518. The Morgan fingerprint density at radius 1 is 0.897 bits per heavy atom. The van der Waals surface area contributed by atoms with Crippen molar-refractivity contribution in [3.63, 3.8) is 0 Å². The molecule has 7 nitrogen and oxygen atoms in total. The molecule has 1 heterocycles. The zero-order chi connectivity index (χ0) is 20.6. The maximum Gasteiger partial charge on any atom is 0.255 e. The number of hydrogen-bond acceptors (Lipinski definition) is 4. The molecule has 0 spiro atoms. The number of benzene rings is 2. The maximum atomic E-state index is 12.7. The van der Waals surface area contributed by atoms with E-state index in [1.807, 2.05) is 6.07 Å². The topological polar surface area (TPSA) is 100 Å². The minimum Gasteiger partial charge on any atom is -0.467 e. The minimum atomic E-state index is -0.768. The lowest BCUT2D eigenvalue weighted by molar-refractivity contribution is -0.122. The van der Waals surface area contributed by atoms with Gasteiger partial charge in [0.15, 0.2) is 0 Å². The van der Waals surface area contributed by atoms with E-state index < -0.39 is 11.9 Å². The van der Waals surface area contributed by atoms with Gasteiger partial charge in [0.1, 0.15) is 11.8 Å². The Morgan fingerprint density at radius 3 is 2.34 bits per heavy atom. The first-order valence-corrected chi connectivity index (χ1v) is 9.11. The fourth-order valence-corrected chi connectivity index (χ4v) is 2.65. The summed E-state index contributed by atoms with van der Waals surface area (Å²) < 4.78 is 5.16. The third-order valence-corrected chi connectivity index (χ3v) is 4.21. The summed E-state index contributed by atoms with van der Waals surface area (Å²) in [5.41, 5.74) is 1.11. The number of carbonyl (C=O) groups excluding carboxylic acids is 3. The third kappa shape index (κ3) is 5.32. The standard InChI is InChI=1S/C22H21N3O4/c1-15(20(26)23-14-17-10-7-13-29-17)24-22(28)18-11-5-6-12-19(18)25-21(27)16-8-3-2-4-9-16/h2-13,15H,14H2,1H3,(H,23,26)(H,24,28)(H,25,27)/t15-/m0/s1. The Hall–Kier alpha value is -3.87. The highest BCUT2D eigenvalue weighted by Crippen LogP contribution is 2.16. The average Bonchev–Trinajstić information content (AvgIpc) is 3.26. The Bertz CT molecular complexity index is 984. The molecule has 3 N–H and O–H groups in total. The number of anilines is 1. The van der Waals surface area contributed by atoms with Gasteiger partial charge in [-0.15, -0.1) is 0 Å². The van der Waals surface area contributed by atoms with E-state index in [-0.39, 0.29) is 23.9 Å². The first-order chi connectivity index (χ1) is 14.0. The van der Waals surface area contributed by atoms with Crippen molar-refractivity contribution in [2.75, 3.05) is 5.32 Å². The second-order valence-corrected chi connectivity index (χ2v) is 6.36. The van der Waals surface area contributed by atoms with Gasteiger partial charge in [-0.1, -0.05) is 30.3 Å². The van der Waals surface area contributed by atoms with Gasteiger partial charge >= 0.3 is 0 Å². The van der Waals surface area contributed by atoms with E-state index in [2.05, 4.69) is 16.0 Å². The van der Waals surface area contributed by atoms with Crippen molar-refractivity contribution >= 4 is 23.4 Å². The SMILES string of the molecule is C[C@H](NC(=O)c1ccccc1NC(=O)c1ccccc1)C(=O)NCc1ccco1. The number of nitrogens with one attached hydrogen (secondary N) is 3. The van der Waals surface area contributed by atoms with Gasteiger partial charge in [-0.3, -0.25) is 14.4 Å². The summed E-state index contributed by atoms with van der Waals surface area (Å²) in [4.78, 5) is 37.3. The molecule has 0 fully saturated rings. The number of carbonyl (C=O) groups is 3. The van der Waals surface area contributed by atoms with E-state index in [1.54, 1.807) is 67.6 Å². The van der Waals surface area contributed by atoms with Gasteiger partial charge in [0.2, 0.25) is 5.91 Å². The molecule has 148 valence electrons. The molecule has 3 rings (SSSR count). The van der Waals surface area contributed by atoms with Crippen LogP contribution in [0.3, 0.4) is 0 Å². The van der Waals surface area contributed by atoms with Gasteiger partial charge in [-0.05, 0) is 43.3 Å². The molecule has 0 saturated carbocycles. The van der Waals surface area contributed by atoms with Crippen LogP contribution in [0.2, 0.25) is 0 Å². The molecule has 0 unspecified atom stereocenters. The summed E-state index contributed by atoms with van der Waals surface area (Å²) in [7, 11) is 0. The predicted molar refractivity (Wildman–Crippen MR) is 108 cm³/mol. The molecule has 0 saturated heterocycles. The number of hydrogen-bond donors (Lipinski definition) is 3. The second-order valence-electron chi connectivity index (χ2n) is 6.36. The Morgan fingerprint density at radius 2 is 1.62 bits per heavy atom. The Labute approximate surface area is 168 Å². The van der Waals surface area contributed by atoms with Gasteiger partial charge in [0.25, 0.3) is 11.8 Å². The van der Waals surface area contributed by atoms with E-state index >= 15 is 0 Å². The lowest BCUT2D eigenvalue weighted by atomic mass is 10.1. The first kappa shape index (κ1) is 19.9. The molecular weight excluding hydrogens is 370 g/mol. The predicted octanol–water partition coefficient (Wildman–Crippen LogP) is 2.97. The third-order valence-electron chi connectivity index (χ3n) is 4.21. The van der Waals surface area contributed by atoms with Crippen LogP contribution < -0.4 is 16.0 Å². The molecule has 3 aromatic rings. The Balaban J connectivity index is 1.63. The minimum absolute atomic E-state index is 0.232. The molecule has 29 heavy (non-hydrogen) atoms. The van der Waals surface area contributed by atoms with Crippen molar-refractivity contribution in [3.05, 3.63) is 89.9 Å². The van der Waals surface area contributed by atoms with Crippen molar-refractivity contribution in [2.45, 2.75) is 19.5 Å². The zero-order valence-electron chi connectivity index (χ0n) is 15.8. The van der Waals surface area contributed by atoms with Gasteiger partial charge in [0, 0.05) is 5.56 Å². The van der Waals surface area contributed by atoms with Gasteiger partial charge in [-0.2, -0.15) is 0 Å². The monoisotopic (exact) mass is 391 g/mol. The van der Waals surface area contributed by atoms with Crippen LogP contribution in [0.1, 0.15) is 33.4 Å². The summed E-state index contributed by atoms with van der Waals surface area (Å²) in [6, 6.07) is 18.0. The Kier molecular flexibility index (Phi) is 6.42. The fraction of sp³-hybridized carbons (Fsp3) is 0.136. The molecule has 0 aliphatic heterocycles. The lowest BCUT2D eigenvalue weighted by Gasteiger charge is -2.16. The van der Waals surface area contributed by atoms with E-state index in [4.69, 9.17) is 4.42 Å². The molecule has 0 radical (unpaired) electrons. The highest BCUT2D eigenvalue weighted by Gasteiger charge is 2.19. The number of rotatable bonds is 7. The van der Waals surface area contributed by atoms with Gasteiger partial charge in [-0.25, -0.2) is 0 Å². The molecule has 7 heteroatoms. The smallest absolute Gasteiger partial charge is 0.255 e. The summed E-state index contributed by atoms with van der Waals surface area (Å²) in [5, 5.41) is 8.08. The molecule has 3 amide bonds. The summed E-state index contributed by atoms with van der Waals surface area (Å²) in [6.07, 6.45) is 1.52. The van der Waals surface area contributed by atoms with Crippen LogP contribution in [0.15, 0.2) is 77.4 Å².